The third-order valence-corrected chi connectivity index (χ3v) is 4.76. The van der Waals surface area contributed by atoms with Crippen LogP contribution < -0.4 is 16.0 Å². The predicted molar refractivity (Wildman–Crippen MR) is 94.0 cm³/mol. The van der Waals surface area contributed by atoms with Crippen molar-refractivity contribution in [2.45, 2.75) is 12.8 Å². The lowest BCUT2D eigenvalue weighted by Crippen LogP contribution is -2.31. The maximum Gasteiger partial charge on any atom is 0.340 e. The van der Waals surface area contributed by atoms with Crippen LogP contribution in [0, 0.1) is 6.92 Å². The Balaban J connectivity index is 2.37. The molecule has 1 atom stereocenters. The van der Waals surface area contributed by atoms with E-state index in [2.05, 4.69) is 4.98 Å². The molecule has 0 saturated heterocycles. The standard InChI is InChI=1S/C17H14Cl2N2O4/c1-7-6-10-12(16(22)21-7)11(8-4-3-5-9(18)14(8)19)13(15(20)25-10)17(23)24-2/h3-6,11H,20H2,1-2H3,(H,21,22). The van der Waals surface area contributed by atoms with Crippen molar-refractivity contribution in [2.75, 3.05) is 7.11 Å². The summed E-state index contributed by atoms with van der Waals surface area (Å²) in [5.41, 5.74) is 6.80. The average Bonchev–Trinajstić information content (AvgIpc) is 2.55. The van der Waals surface area contributed by atoms with Crippen LogP contribution in [0.4, 0.5) is 0 Å². The van der Waals surface area contributed by atoms with Crippen molar-refractivity contribution in [3.05, 3.63) is 72.9 Å². The molecule has 25 heavy (non-hydrogen) atoms. The van der Waals surface area contributed by atoms with Gasteiger partial charge in [-0.25, -0.2) is 4.79 Å². The van der Waals surface area contributed by atoms with Crippen molar-refractivity contribution in [3.63, 3.8) is 0 Å². The molecule has 1 aromatic heterocycles. The smallest absolute Gasteiger partial charge is 0.340 e. The number of benzene rings is 1. The number of fused-ring (bicyclic) bond motifs is 1. The molecule has 0 radical (unpaired) electrons. The number of aromatic amines is 1. The van der Waals surface area contributed by atoms with Gasteiger partial charge in [-0.05, 0) is 18.6 Å². The van der Waals surface area contributed by atoms with Crippen LogP contribution >= 0.6 is 23.2 Å². The van der Waals surface area contributed by atoms with Gasteiger partial charge in [0.15, 0.2) is 0 Å². The van der Waals surface area contributed by atoms with E-state index in [1.807, 2.05) is 0 Å². The Morgan fingerprint density at radius 3 is 2.76 bits per heavy atom. The van der Waals surface area contributed by atoms with Crippen molar-refractivity contribution in [1.29, 1.82) is 0 Å². The monoisotopic (exact) mass is 380 g/mol. The van der Waals surface area contributed by atoms with Gasteiger partial charge in [-0.3, -0.25) is 4.79 Å². The topological polar surface area (TPSA) is 94.4 Å². The molecular weight excluding hydrogens is 367 g/mol. The summed E-state index contributed by atoms with van der Waals surface area (Å²) in [5.74, 6) is -1.48. The Morgan fingerprint density at radius 2 is 2.08 bits per heavy atom. The zero-order valence-electron chi connectivity index (χ0n) is 13.4. The largest absolute Gasteiger partial charge is 0.465 e. The summed E-state index contributed by atoms with van der Waals surface area (Å²) in [7, 11) is 1.22. The first kappa shape index (κ1) is 17.4. The Kier molecular flexibility index (Phi) is 4.49. The summed E-state index contributed by atoms with van der Waals surface area (Å²) in [4.78, 5) is 27.6. The molecule has 0 saturated carbocycles. The molecule has 1 aliphatic heterocycles. The van der Waals surface area contributed by atoms with Gasteiger partial charge < -0.3 is 20.2 Å². The maximum absolute atomic E-state index is 12.6. The molecule has 2 aromatic rings. The SMILES string of the molecule is COC(=O)C1=C(N)Oc2cc(C)[nH]c(=O)c2C1c1cccc(Cl)c1Cl. The van der Waals surface area contributed by atoms with Crippen LogP contribution in [0.5, 0.6) is 5.75 Å². The second-order valence-corrected chi connectivity index (χ2v) is 6.29. The Hall–Kier alpha value is -2.44. The average molecular weight is 381 g/mol. The summed E-state index contributed by atoms with van der Waals surface area (Å²) in [5, 5.41) is 0.509. The Bertz CT molecular complexity index is 966. The lowest BCUT2D eigenvalue weighted by Gasteiger charge is -2.28. The number of aryl methyl sites for hydroxylation is 1. The number of methoxy groups -OCH3 is 1. The van der Waals surface area contributed by atoms with Gasteiger partial charge in [-0.1, -0.05) is 35.3 Å². The minimum atomic E-state index is -0.869. The molecule has 3 N–H and O–H groups in total. The molecule has 2 heterocycles. The zero-order valence-corrected chi connectivity index (χ0v) is 14.9. The lowest BCUT2D eigenvalue weighted by molar-refractivity contribution is -0.136. The van der Waals surface area contributed by atoms with E-state index in [4.69, 9.17) is 38.4 Å². The molecule has 0 spiro atoms. The predicted octanol–water partition coefficient (Wildman–Crippen LogP) is 2.86. The van der Waals surface area contributed by atoms with Gasteiger partial charge in [-0.2, -0.15) is 0 Å². The van der Waals surface area contributed by atoms with Gasteiger partial charge in [0.05, 0.1) is 28.6 Å². The minimum Gasteiger partial charge on any atom is -0.465 e. The number of esters is 1. The molecule has 0 fully saturated rings. The van der Waals surface area contributed by atoms with E-state index in [1.54, 1.807) is 31.2 Å². The Morgan fingerprint density at radius 1 is 1.36 bits per heavy atom. The van der Waals surface area contributed by atoms with E-state index < -0.39 is 17.4 Å². The summed E-state index contributed by atoms with van der Waals surface area (Å²) in [6.07, 6.45) is 0. The fourth-order valence-corrected chi connectivity index (χ4v) is 3.29. The van der Waals surface area contributed by atoms with E-state index in [-0.39, 0.29) is 27.8 Å². The number of nitrogens with one attached hydrogen (secondary N) is 1. The van der Waals surface area contributed by atoms with Crippen LogP contribution in [0.1, 0.15) is 22.7 Å². The van der Waals surface area contributed by atoms with Crippen LogP contribution in [0.2, 0.25) is 10.0 Å². The van der Waals surface area contributed by atoms with Crippen molar-refractivity contribution >= 4 is 29.2 Å². The maximum atomic E-state index is 12.6. The van der Waals surface area contributed by atoms with Crippen LogP contribution in [0.3, 0.4) is 0 Å². The van der Waals surface area contributed by atoms with Crippen molar-refractivity contribution < 1.29 is 14.3 Å². The van der Waals surface area contributed by atoms with Crippen LogP contribution in [0.25, 0.3) is 0 Å². The fourth-order valence-electron chi connectivity index (χ4n) is 2.87. The summed E-state index contributed by atoms with van der Waals surface area (Å²) >= 11 is 12.4. The summed E-state index contributed by atoms with van der Waals surface area (Å²) in [6.45, 7) is 1.71. The molecule has 8 heteroatoms. The summed E-state index contributed by atoms with van der Waals surface area (Å²) < 4.78 is 10.3. The van der Waals surface area contributed by atoms with E-state index in [9.17, 15) is 9.59 Å². The van der Waals surface area contributed by atoms with Gasteiger partial charge in [0.2, 0.25) is 5.88 Å². The first-order valence-electron chi connectivity index (χ1n) is 7.28. The van der Waals surface area contributed by atoms with E-state index in [0.717, 1.165) is 0 Å². The third kappa shape index (κ3) is 2.88. The van der Waals surface area contributed by atoms with Crippen LogP contribution in [-0.2, 0) is 9.53 Å². The van der Waals surface area contributed by atoms with Crippen molar-refractivity contribution in [2.24, 2.45) is 5.73 Å². The first-order valence-corrected chi connectivity index (χ1v) is 8.04. The molecular formula is C17H14Cl2N2O4. The molecule has 1 aliphatic rings. The molecule has 1 unspecified atom stereocenters. The number of halogens is 2. The highest BCUT2D eigenvalue weighted by atomic mass is 35.5. The first-order chi connectivity index (χ1) is 11.8. The van der Waals surface area contributed by atoms with E-state index in [1.165, 1.54) is 7.11 Å². The molecule has 1 aromatic carbocycles. The minimum absolute atomic E-state index is 0.00600. The number of carbonyl (C=O) groups is 1. The summed E-state index contributed by atoms with van der Waals surface area (Å²) in [6, 6.07) is 6.58. The lowest BCUT2D eigenvalue weighted by atomic mass is 9.83. The molecule has 130 valence electrons. The van der Waals surface area contributed by atoms with Gasteiger partial charge in [0.25, 0.3) is 5.56 Å². The number of rotatable bonds is 2. The van der Waals surface area contributed by atoms with Crippen LogP contribution in [-0.4, -0.2) is 18.1 Å². The third-order valence-electron chi connectivity index (χ3n) is 3.93. The van der Waals surface area contributed by atoms with Gasteiger partial charge in [0, 0.05) is 11.8 Å². The number of nitrogens with two attached hydrogens (primary N) is 1. The molecule has 0 bridgehead atoms. The normalized spacial score (nSPS) is 16.2. The highest BCUT2D eigenvalue weighted by Gasteiger charge is 2.38. The second kappa shape index (κ2) is 6.46. The number of hydrogen-bond donors (Lipinski definition) is 2. The van der Waals surface area contributed by atoms with E-state index >= 15 is 0 Å². The number of H-pyrrole nitrogens is 1. The van der Waals surface area contributed by atoms with E-state index in [0.29, 0.717) is 16.3 Å². The number of carbonyl (C=O) groups excluding carboxylic acids is 1. The molecule has 6 nitrogen and oxygen atoms in total. The fraction of sp³-hybridized carbons (Fsp3) is 0.176. The molecule has 3 rings (SSSR count). The zero-order chi connectivity index (χ0) is 18.3. The van der Waals surface area contributed by atoms with Gasteiger partial charge in [0.1, 0.15) is 11.3 Å². The van der Waals surface area contributed by atoms with Crippen molar-refractivity contribution in [3.8, 4) is 5.75 Å². The Labute approximate surface area is 153 Å². The number of aromatic nitrogens is 1. The number of pyridine rings is 1. The van der Waals surface area contributed by atoms with Gasteiger partial charge in [-0.15, -0.1) is 0 Å². The second-order valence-electron chi connectivity index (χ2n) is 5.51. The number of ether oxygens (including phenoxy) is 2. The molecule has 0 amide bonds. The van der Waals surface area contributed by atoms with Gasteiger partial charge >= 0.3 is 5.97 Å². The molecule has 0 aliphatic carbocycles. The highest BCUT2D eigenvalue weighted by Crippen LogP contribution is 2.44. The van der Waals surface area contributed by atoms with Crippen LogP contribution in [0.15, 0.2) is 40.5 Å². The van der Waals surface area contributed by atoms with Crippen molar-refractivity contribution in [1.82, 2.24) is 4.98 Å². The number of hydrogen-bond acceptors (Lipinski definition) is 5. The quantitative estimate of drug-likeness (QED) is 0.781. The highest BCUT2D eigenvalue weighted by molar-refractivity contribution is 6.42.